The predicted molar refractivity (Wildman–Crippen MR) is 216 cm³/mol. The number of carbonyl (C=O) groups is 6. The number of benzene rings is 4. The minimum atomic E-state index is -0.675. The van der Waals surface area contributed by atoms with Crippen LogP contribution in [0, 0.1) is 45.0 Å². The summed E-state index contributed by atoms with van der Waals surface area (Å²) in [6.07, 6.45) is 2.84. The second kappa shape index (κ2) is 27.3. The van der Waals surface area contributed by atoms with Crippen LogP contribution < -0.4 is 54.9 Å². The number of nitrogens with zero attached hydrogens (tertiary/aromatic N) is 2. The Balaban J connectivity index is 0.000000936. The summed E-state index contributed by atoms with van der Waals surface area (Å²) in [5.41, 5.74) is 17.9. The van der Waals surface area contributed by atoms with E-state index in [9.17, 15) is 38.4 Å². The number of urea groups is 1. The Hall–Kier alpha value is -6.38. The molecule has 7 amide bonds. The van der Waals surface area contributed by atoms with Gasteiger partial charge in [0, 0.05) is 78.7 Å². The van der Waals surface area contributed by atoms with Gasteiger partial charge in [0.05, 0.1) is 11.4 Å². The topological polar surface area (TPSA) is 310 Å². The largest absolute Gasteiger partial charge is 0.337 e. The summed E-state index contributed by atoms with van der Waals surface area (Å²) in [5, 5.41) is 5.21. The normalized spacial score (nSPS) is 9.07. The minimum absolute atomic E-state index is 0. The summed E-state index contributed by atoms with van der Waals surface area (Å²) in [5.74, 6) is 7.72. The average molecular weight is 1040 g/mol. The van der Waals surface area contributed by atoms with E-state index in [4.69, 9.17) is 11.7 Å². The van der Waals surface area contributed by atoms with Crippen molar-refractivity contribution in [2.75, 3.05) is 17.7 Å². The third-order valence-electron chi connectivity index (χ3n) is 6.90. The van der Waals surface area contributed by atoms with Crippen molar-refractivity contribution in [2.45, 2.75) is 20.8 Å². The minimum Gasteiger partial charge on any atom is -0.326 e. The number of rotatable bonds is 9. The SMILES string of the molecule is CNNC(=O)c1cccc(C(=O)NNC(=O)Nc2cc(NC(C)=O)ccc2C)c1.Cc1ccc(N=C=O)cc1N=C=O.NNC(=O)c1cccc(C(=O)NN)c1.P.[U]. The fourth-order valence-corrected chi connectivity index (χ4v) is 4.22. The van der Waals surface area contributed by atoms with E-state index in [1.807, 2.05) is 10.9 Å². The van der Waals surface area contributed by atoms with Gasteiger partial charge in [0.25, 0.3) is 23.6 Å². The van der Waals surface area contributed by atoms with Gasteiger partial charge >= 0.3 is 6.03 Å². The number of hydrogen-bond donors (Lipinski definition) is 10. The van der Waals surface area contributed by atoms with Crippen LogP contribution >= 0.6 is 9.90 Å². The third kappa shape index (κ3) is 17.6. The second-order valence-corrected chi connectivity index (χ2v) is 10.9. The number of hydrazine groups is 4. The number of carbonyl (C=O) groups excluding carboxylic acids is 8. The van der Waals surface area contributed by atoms with Crippen LogP contribution in [0.2, 0.25) is 0 Å². The Labute approximate surface area is 359 Å². The number of aliphatic imine (C=N–C) groups is 2. The van der Waals surface area contributed by atoms with Gasteiger partial charge in [-0.15, -0.1) is 0 Å². The summed E-state index contributed by atoms with van der Waals surface area (Å²) >= 11 is 0. The number of isocyanates is 2. The molecule has 0 spiro atoms. The first-order valence-electron chi connectivity index (χ1n) is 16.0. The van der Waals surface area contributed by atoms with Crippen molar-refractivity contribution in [3.05, 3.63) is 118 Å². The number of amides is 7. The van der Waals surface area contributed by atoms with E-state index >= 15 is 0 Å². The summed E-state index contributed by atoms with van der Waals surface area (Å²) in [7, 11) is 1.55. The van der Waals surface area contributed by atoms with Crippen molar-refractivity contribution < 1.29 is 69.5 Å². The molecule has 302 valence electrons. The van der Waals surface area contributed by atoms with Crippen LogP contribution in [0.1, 0.15) is 59.5 Å². The van der Waals surface area contributed by atoms with Gasteiger partial charge in [-0.3, -0.25) is 45.7 Å². The van der Waals surface area contributed by atoms with Gasteiger partial charge in [0.2, 0.25) is 18.1 Å². The molecule has 1 atom stereocenters. The zero-order valence-electron chi connectivity index (χ0n) is 31.6. The molecule has 0 radical (unpaired) electrons. The monoisotopic (exact) mass is 1040 g/mol. The molecule has 22 heteroatoms. The fourth-order valence-electron chi connectivity index (χ4n) is 4.22. The van der Waals surface area contributed by atoms with Crippen LogP contribution in [0.5, 0.6) is 0 Å². The Morgan fingerprint density at radius 2 is 1.10 bits per heavy atom. The first-order chi connectivity index (χ1) is 26.8. The molecule has 1 unspecified atom stereocenters. The van der Waals surface area contributed by atoms with Crippen molar-refractivity contribution in [1.29, 1.82) is 0 Å². The van der Waals surface area contributed by atoms with E-state index in [0.29, 0.717) is 33.9 Å². The molecule has 4 rings (SSSR count). The average Bonchev–Trinajstić information content (AvgIpc) is 3.19. The number of hydrogen-bond acceptors (Lipinski definition) is 13. The quantitative estimate of drug-likeness (QED) is 0.0289. The van der Waals surface area contributed by atoms with Crippen LogP contribution in [0.4, 0.5) is 27.5 Å². The number of aryl methyl sites for hydroxylation is 2. The maximum Gasteiger partial charge on any atom is 0.337 e. The summed E-state index contributed by atoms with van der Waals surface area (Å²) in [6, 6.07) is 21.3. The van der Waals surface area contributed by atoms with Crippen LogP contribution in [-0.4, -0.2) is 54.8 Å². The van der Waals surface area contributed by atoms with Gasteiger partial charge in [-0.05, 0) is 85.6 Å². The first-order valence-corrected chi connectivity index (χ1v) is 16.0. The standard InChI is InChI=1S/C19H22N6O4.C9H6N2O2.C8H10N4O2.H3P.U/c1-11-7-8-15(21-12(2)26)10-16(11)22-19(29)25-24-18(28)14-6-4-5-13(9-14)17(27)23-20-3;1-7-2-3-8(10-5-12)4-9(7)11-6-13;9-11-7(13)5-2-1-3-6(4-5)8(14)12-10;;/h4-10,20H,1-3H3,(H,21,26)(H,23,27)(H,24,28)(H2,22,25,29);2-4H,1H3;1-4H,9-10H2,(H,11,13)(H,12,14);1H3;. The van der Waals surface area contributed by atoms with E-state index in [1.54, 1.807) is 69.4 Å². The molecule has 0 saturated heterocycles. The van der Waals surface area contributed by atoms with Gasteiger partial charge in [0.1, 0.15) is 0 Å². The fraction of sp³-hybridized carbons (Fsp3) is 0.111. The molecule has 4 aromatic carbocycles. The zero-order valence-corrected chi connectivity index (χ0v) is 37.2. The molecular weight excluding hydrogens is 997 g/mol. The molecule has 0 heterocycles. The Morgan fingerprint density at radius 3 is 1.59 bits per heavy atom. The molecule has 58 heavy (non-hydrogen) atoms. The maximum atomic E-state index is 12.2. The van der Waals surface area contributed by atoms with Gasteiger partial charge in [-0.2, -0.15) is 19.9 Å². The van der Waals surface area contributed by atoms with Crippen LogP contribution in [-0.2, 0) is 14.4 Å². The van der Waals surface area contributed by atoms with E-state index in [-0.39, 0.29) is 58.0 Å². The Morgan fingerprint density at radius 1 is 0.603 bits per heavy atom. The Kier molecular flexibility index (Phi) is 24.3. The van der Waals surface area contributed by atoms with Crippen molar-refractivity contribution in [1.82, 2.24) is 32.6 Å². The van der Waals surface area contributed by atoms with Crippen molar-refractivity contribution in [2.24, 2.45) is 21.7 Å². The zero-order chi connectivity index (χ0) is 41.6. The molecule has 0 aliphatic heterocycles. The molecule has 20 nitrogen and oxygen atoms in total. The van der Waals surface area contributed by atoms with E-state index in [2.05, 4.69) is 42.3 Å². The molecule has 0 saturated carbocycles. The summed E-state index contributed by atoms with van der Waals surface area (Å²) in [4.78, 5) is 96.2. The van der Waals surface area contributed by atoms with Crippen molar-refractivity contribution >= 4 is 80.4 Å². The van der Waals surface area contributed by atoms with E-state index in [1.165, 1.54) is 55.5 Å². The molecule has 4 aromatic rings. The van der Waals surface area contributed by atoms with Gasteiger partial charge < -0.3 is 10.6 Å². The molecule has 0 bridgehead atoms. The molecule has 12 N–H and O–H groups in total. The van der Waals surface area contributed by atoms with Gasteiger partial charge in [-0.1, -0.05) is 24.3 Å². The summed E-state index contributed by atoms with van der Waals surface area (Å²) < 4.78 is 0. The number of nitrogens with two attached hydrogens (primary N) is 2. The molecular formula is C36H41N12O8PU. The molecule has 0 aliphatic carbocycles. The molecule has 0 aliphatic rings. The van der Waals surface area contributed by atoms with Crippen LogP contribution in [0.25, 0.3) is 0 Å². The van der Waals surface area contributed by atoms with E-state index in [0.717, 1.165) is 11.1 Å². The summed E-state index contributed by atoms with van der Waals surface area (Å²) in [6.45, 7) is 4.96. The van der Waals surface area contributed by atoms with Crippen molar-refractivity contribution in [3.63, 3.8) is 0 Å². The van der Waals surface area contributed by atoms with Crippen LogP contribution in [0.15, 0.2) is 94.9 Å². The van der Waals surface area contributed by atoms with Crippen molar-refractivity contribution in [3.8, 4) is 0 Å². The smallest absolute Gasteiger partial charge is 0.326 e. The predicted octanol–water partition coefficient (Wildman–Crippen LogP) is 2.17. The van der Waals surface area contributed by atoms with Crippen LogP contribution in [0.3, 0.4) is 0 Å². The van der Waals surface area contributed by atoms with Gasteiger partial charge in [0.15, 0.2) is 0 Å². The Bertz CT molecular complexity index is 2160. The maximum absolute atomic E-state index is 12.2. The first kappa shape index (κ1) is 51.6. The third-order valence-corrected chi connectivity index (χ3v) is 6.90. The van der Waals surface area contributed by atoms with Gasteiger partial charge in [-0.25, -0.2) is 36.9 Å². The molecule has 0 fully saturated rings. The molecule has 0 aromatic heterocycles. The number of nitrogens with one attached hydrogen (secondary N) is 8. The number of nitrogen functional groups attached to an aromatic ring is 2. The number of anilines is 2. The van der Waals surface area contributed by atoms with E-state index < -0.39 is 29.7 Å². The second-order valence-electron chi connectivity index (χ2n) is 10.9.